The molecule has 2 nitrogen and oxygen atoms in total. The van der Waals surface area contributed by atoms with Crippen molar-refractivity contribution in [2.24, 2.45) is 29.2 Å². The third kappa shape index (κ3) is 0.775. The molecule has 0 saturated heterocycles. The molecule has 4 N–H and O–H groups in total. The van der Waals surface area contributed by atoms with Gasteiger partial charge in [-0.2, -0.15) is 0 Å². The Labute approximate surface area is 73.7 Å². The van der Waals surface area contributed by atoms with Gasteiger partial charge in [0.2, 0.25) is 0 Å². The van der Waals surface area contributed by atoms with E-state index in [1.54, 1.807) is 0 Å². The molecule has 0 aromatic rings. The molecule has 4 aliphatic carbocycles. The molecular weight excluding hydrogens is 148 g/mol. The highest BCUT2D eigenvalue weighted by Gasteiger charge is 2.53. The highest BCUT2D eigenvalue weighted by atomic mass is 14.9. The molecule has 4 aliphatic rings. The molecule has 68 valence electrons. The molecule has 2 heteroatoms. The van der Waals surface area contributed by atoms with E-state index in [4.69, 9.17) is 11.5 Å². The Hall–Kier alpha value is -0.0800. The van der Waals surface area contributed by atoms with Gasteiger partial charge in [-0.25, -0.2) is 0 Å². The maximum atomic E-state index is 6.34. The highest BCUT2D eigenvalue weighted by molar-refractivity contribution is 5.11. The Balaban J connectivity index is 1.97. The Bertz CT molecular complexity index is 200. The molecule has 0 aromatic carbocycles. The molecule has 0 aliphatic heterocycles. The van der Waals surface area contributed by atoms with E-state index in [9.17, 15) is 0 Å². The van der Waals surface area contributed by atoms with Crippen LogP contribution in [-0.4, -0.2) is 11.6 Å². The van der Waals surface area contributed by atoms with E-state index in [0.717, 1.165) is 17.8 Å². The molecule has 3 unspecified atom stereocenters. The summed E-state index contributed by atoms with van der Waals surface area (Å²) >= 11 is 0. The lowest BCUT2D eigenvalue weighted by atomic mass is 9.51. The summed E-state index contributed by atoms with van der Waals surface area (Å²) in [6, 6.07) is 0.310. The zero-order valence-electron chi connectivity index (χ0n) is 7.50. The van der Waals surface area contributed by atoms with Crippen LogP contribution in [-0.2, 0) is 0 Å². The molecule has 3 atom stereocenters. The van der Waals surface area contributed by atoms with Crippen molar-refractivity contribution in [3.05, 3.63) is 0 Å². The van der Waals surface area contributed by atoms with Crippen LogP contribution < -0.4 is 11.5 Å². The van der Waals surface area contributed by atoms with Gasteiger partial charge in [0.05, 0.1) is 0 Å². The zero-order chi connectivity index (χ0) is 8.34. The van der Waals surface area contributed by atoms with Crippen LogP contribution in [0.2, 0.25) is 0 Å². The fourth-order valence-corrected chi connectivity index (χ4v) is 4.14. The molecule has 0 amide bonds. The lowest BCUT2D eigenvalue weighted by Crippen LogP contribution is -2.68. The summed E-state index contributed by atoms with van der Waals surface area (Å²) in [7, 11) is 0. The third-order valence-corrected chi connectivity index (χ3v) is 4.45. The largest absolute Gasteiger partial charge is 0.326 e. The zero-order valence-corrected chi connectivity index (χ0v) is 7.50. The second kappa shape index (κ2) is 2.05. The SMILES string of the molecule is NC1C2CC3CC(C2)CC1(N)C3. The summed E-state index contributed by atoms with van der Waals surface area (Å²) in [6.07, 6.45) is 6.61. The predicted octanol–water partition coefficient (Wildman–Crippen LogP) is 0.851. The Kier molecular flexibility index (Phi) is 1.25. The van der Waals surface area contributed by atoms with E-state index in [1.165, 1.54) is 32.1 Å². The number of rotatable bonds is 0. The second-order valence-corrected chi connectivity index (χ2v) is 5.37. The first-order chi connectivity index (χ1) is 5.67. The first kappa shape index (κ1) is 7.34. The van der Waals surface area contributed by atoms with Gasteiger partial charge in [-0.15, -0.1) is 0 Å². The van der Waals surface area contributed by atoms with Crippen molar-refractivity contribution >= 4 is 0 Å². The molecule has 4 fully saturated rings. The summed E-state index contributed by atoms with van der Waals surface area (Å²) < 4.78 is 0. The minimum absolute atomic E-state index is 0.0365. The molecule has 0 heterocycles. The molecule has 4 bridgehead atoms. The van der Waals surface area contributed by atoms with Crippen LogP contribution >= 0.6 is 0 Å². The average molecular weight is 166 g/mol. The number of hydrogen-bond donors (Lipinski definition) is 2. The molecule has 0 radical (unpaired) electrons. The summed E-state index contributed by atoms with van der Waals surface area (Å²) in [5.41, 5.74) is 12.6. The number of nitrogens with two attached hydrogens (primary N) is 2. The van der Waals surface area contributed by atoms with Crippen LogP contribution in [0.4, 0.5) is 0 Å². The van der Waals surface area contributed by atoms with Gasteiger partial charge in [0, 0.05) is 11.6 Å². The Morgan fingerprint density at radius 1 is 1.00 bits per heavy atom. The maximum absolute atomic E-state index is 6.34. The van der Waals surface area contributed by atoms with Crippen LogP contribution in [0.3, 0.4) is 0 Å². The van der Waals surface area contributed by atoms with Crippen molar-refractivity contribution < 1.29 is 0 Å². The predicted molar refractivity (Wildman–Crippen MR) is 48.4 cm³/mol. The van der Waals surface area contributed by atoms with Crippen LogP contribution in [0.1, 0.15) is 32.1 Å². The van der Waals surface area contributed by atoms with E-state index in [0.29, 0.717) is 6.04 Å². The lowest BCUT2D eigenvalue weighted by molar-refractivity contribution is -0.0189. The van der Waals surface area contributed by atoms with Gasteiger partial charge >= 0.3 is 0 Å². The van der Waals surface area contributed by atoms with Gasteiger partial charge in [0.25, 0.3) is 0 Å². The summed E-state index contributed by atoms with van der Waals surface area (Å²) in [5.74, 6) is 2.61. The average Bonchev–Trinajstić information content (AvgIpc) is 1.98. The van der Waals surface area contributed by atoms with Crippen LogP contribution in [0.15, 0.2) is 0 Å². The molecule has 0 spiro atoms. The van der Waals surface area contributed by atoms with Crippen molar-refractivity contribution in [3.8, 4) is 0 Å². The van der Waals surface area contributed by atoms with Crippen LogP contribution in [0, 0.1) is 17.8 Å². The van der Waals surface area contributed by atoms with E-state index < -0.39 is 0 Å². The first-order valence-electron chi connectivity index (χ1n) is 5.22. The standard InChI is InChI=1S/C10H18N2/c11-9-8-2-6-1-7(3-8)5-10(9,12)4-6/h6-9H,1-5,11-12H2. The second-order valence-electron chi connectivity index (χ2n) is 5.37. The van der Waals surface area contributed by atoms with E-state index in [-0.39, 0.29) is 5.54 Å². The third-order valence-electron chi connectivity index (χ3n) is 4.45. The van der Waals surface area contributed by atoms with Gasteiger partial charge in [-0.1, -0.05) is 0 Å². The molecular formula is C10H18N2. The Morgan fingerprint density at radius 3 is 2.08 bits per heavy atom. The lowest BCUT2D eigenvalue weighted by Gasteiger charge is -2.58. The van der Waals surface area contributed by atoms with Crippen molar-refractivity contribution in [3.63, 3.8) is 0 Å². The molecule has 12 heavy (non-hydrogen) atoms. The normalized spacial score (nSPS) is 62.5. The monoisotopic (exact) mass is 166 g/mol. The van der Waals surface area contributed by atoms with Crippen molar-refractivity contribution in [2.45, 2.75) is 43.7 Å². The minimum atomic E-state index is 0.0365. The van der Waals surface area contributed by atoms with Crippen molar-refractivity contribution in [2.75, 3.05) is 0 Å². The van der Waals surface area contributed by atoms with E-state index >= 15 is 0 Å². The van der Waals surface area contributed by atoms with Gasteiger partial charge in [0.15, 0.2) is 0 Å². The quantitative estimate of drug-likeness (QED) is 0.560. The fraction of sp³-hybridized carbons (Fsp3) is 1.00. The van der Waals surface area contributed by atoms with E-state index in [2.05, 4.69) is 0 Å². The summed E-state index contributed by atoms with van der Waals surface area (Å²) in [5, 5.41) is 0. The van der Waals surface area contributed by atoms with Gasteiger partial charge in [-0.3, -0.25) is 0 Å². The number of hydrogen-bond acceptors (Lipinski definition) is 2. The molecule has 4 saturated carbocycles. The van der Waals surface area contributed by atoms with Gasteiger partial charge < -0.3 is 11.5 Å². The minimum Gasteiger partial charge on any atom is -0.326 e. The van der Waals surface area contributed by atoms with E-state index in [1.807, 2.05) is 0 Å². The van der Waals surface area contributed by atoms with Crippen LogP contribution in [0.25, 0.3) is 0 Å². The molecule has 0 aromatic heterocycles. The van der Waals surface area contributed by atoms with Gasteiger partial charge in [-0.05, 0) is 49.9 Å². The van der Waals surface area contributed by atoms with Crippen LogP contribution in [0.5, 0.6) is 0 Å². The topological polar surface area (TPSA) is 52.0 Å². The molecule has 4 rings (SSSR count). The summed E-state index contributed by atoms with van der Waals surface area (Å²) in [4.78, 5) is 0. The Morgan fingerprint density at radius 2 is 1.58 bits per heavy atom. The smallest absolute Gasteiger partial charge is 0.0315 e. The van der Waals surface area contributed by atoms with Crippen molar-refractivity contribution in [1.82, 2.24) is 0 Å². The van der Waals surface area contributed by atoms with Gasteiger partial charge in [0.1, 0.15) is 0 Å². The fourth-order valence-electron chi connectivity index (χ4n) is 4.14. The summed E-state index contributed by atoms with van der Waals surface area (Å²) in [6.45, 7) is 0. The maximum Gasteiger partial charge on any atom is 0.0315 e. The highest BCUT2D eigenvalue weighted by Crippen LogP contribution is 2.53. The first-order valence-corrected chi connectivity index (χ1v) is 5.22. The van der Waals surface area contributed by atoms with Crippen molar-refractivity contribution in [1.29, 1.82) is 0 Å².